The fourth-order valence-corrected chi connectivity index (χ4v) is 3.48. The van der Waals surface area contributed by atoms with Crippen molar-refractivity contribution < 1.29 is 5.11 Å². The molecule has 142 valence electrons. The van der Waals surface area contributed by atoms with Crippen molar-refractivity contribution in [1.82, 2.24) is 19.7 Å². The number of fused-ring (bicyclic) bond motifs is 1. The van der Waals surface area contributed by atoms with Crippen LogP contribution in [0.15, 0.2) is 36.8 Å². The van der Waals surface area contributed by atoms with E-state index in [0.29, 0.717) is 18.1 Å². The molecule has 0 fully saturated rings. The molecule has 28 heavy (non-hydrogen) atoms. The monoisotopic (exact) mass is 375 g/mol. The first-order valence-electron chi connectivity index (χ1n) is 9.12. The predicted octanol–water partition coefficient (Wildman–Crippen LogP) is 2.33. The fraction of sp³-hybridized carbons (Fsp3) is 0.300. The van der Waals surface area contributed by atoms with Crippen LogP contribution in [0.4, 0.5) is 17.3 Å². The molecular weight excluding hydrogens is 354 g/mol. The maximum absolute atomic E-state index is 9.56. The molecule has 0 radical (unpaired) electrons. The van der Waals surface area contributed by atoms with Crippen molar-refractivity contribution in [3.8, 4) is 17.3 Å². The van der Waals surface area contributed by atoms with E-state index in [0.717, 1.165) is 35.6 Å². The Hall–Kier alpha value is -3.44. The highest BCUT2D eigenvalue weighted by molar-refractivity contribution is 5.75. The van der Waals surface area contributed by atoms with E-state index >= 15 is 0 Å². The Morgan fingerprint density at radius 2 is 2.25 bits per heavy atom. The standard InChI is InChI=1S/C20H21N7O/c1-13(28)11-27-12-17(10-23-27)24-20-22-5-3-18(25-20)15-7-14-4-6-26(2)19(14)16(8-15)9-21/h3,5,7-8,10,12-13,28H,4,6,11H2,1-2H3,(H,22,24,25). The van der Waals surface area contributed by atoms with Crippen LogP contribution >= 0.6 is 0 Å². The minimum Gasteiger partial charge on any atom is -0.391 e. The van der Waals surface area contributed by atoms with Crippen LogP contribution in [0.1, 0.15) is 18.1 Å². The second-order valence-electron chi connectivity index (χ2n) is 7.01. The second-order valence-corrected chi connectivity index (χ2v) is 7.01. The quantitative estimate of drug-likeness (QED) is 0.705. The van der Waals surface area contributed by atoms with Crippen molar-refractivity contribution in [1.29, 1.82) is 5.26 Å². The van der Waals surface area contributed by atoms with Gasteiger partial charge in [-0.1, -0.05) is 0 Å². The molecule has 0 saturated carbocycles. The van der Waals surface area contributed by atoms with Gasteiger partial charge in [0.15, 0.2) is 0 Å². The number of hydrogen-bond acceptors (Lipinski definition) is 7. The van der Waals surface area contributed by atoms with Gasteiger partial charge in [0.1, 0.15) is 6.07 Å². The van der Waals surface area contributed by atoms with Crippen LogP contribution in [0, 0.1) is 11.3 Å². The molecule has 0 aliphatic carbocycles. The summed E-state index contributed by atoms with van der Waals surface area (Å²) in [7, 11) is 2.01. The van der Waals surface area contributed by atoms with Crippen LogP contribution in [0.2, 0.25) is 0 Å². The summed E-state index contributed by atoms with van der Waals surface area (Å²) in [4.78, 5) is 11.0. The highest BCUT2D eigenvalue weighted by Crippen LogP contribution is 2.34. The number of rotatable bonds is 5. The van der Waals surface area contributed by atoms with Gasteiger partial charge in [-0.05, 0) is 37.1 Å². The van der Waals surface area contributed by atoms with E-state index in [1.54, 1.807) is 30.2 Å². The van der Waals surface area contributed by atoms with Crippen molar-refractivity contribution in [2.75, 3.05) is 23.8 Å². The maximum atomic E-state index is 9.56. The van der Waals surface area contributed by atoms with Crippen molar-refractivity contribution in [3.63, 3.8) is 0 Å². The minimum absolute atomic E-state index is 0.420. The lowest BCUT2D eigenvalue weighted by molar-refractivity contribution is 0.168. The third-order valence-electron chi connectivity index (χ3n) is 4.70. The zero-order valence-electron chi connectivity index (χ0n) is 15.8. The first-order chi connectivity index (χ1) is 13.5. The summed E-state index contributed by atoms with van der Waals surface area (Å²) in [6.07, 6.45) is 5.60. The van der Waals surface area contributed by atoms with Crippen LogP contribution in [-0.4, -0.2) is 44.6 Å². The molecule has 1 aliphatic heterocycles. The summed E-state index contributed by atoms with van der Waals surface area (Å²) in [6.45, 7) is 3.05. The number of nitriles is 1. The molecule has 3 aromatic rings. The molecule has 8 heteroatoms. The molecule has 4 rings (SSSR count). The minimum atomic E-state index is -0.472. The Balaban J connectivity index is 1.61. The Labute approximate surface area is 163 Å². The zero-order valence-corrected chi connectivity index (χ0v) is 15.8. The highest BCUT2D eigenvalue weighted by Gasteiger charge is 2.21. The Bertz CT molecular complexity index is 1050. The summed E-state index contributed by atoms with van der Waals surface area (Å²) < 4.78 is 1.66. The van der Waals surface area contributed by atoms with Gasteiger partial charge in [-0.25, -0.2) is 9.97 Å². The van der Waals surface area contributed by atoms with E-state index in [4.69, 9.17) is 0 Å². The molecule has 0 saturated heterocycles. The lowest BCUT2D eigenvalue weighted by Gasteiger charge is -2.14. The van der Waals surface area contributed by atoms with Crippen LogP contribution < -0.4 is 10.2 Å². The predicted molar refractivity (Wildman–Crippen MR) is 106 cm³/mol. The van der Waals surface area contributed by atoms with Crippen LogP contribution in [0.5, 0.6) is 0 Å². The van der Waals surface area contributed by atoms with E-state index in [1.807, 2.05) is 19.2 Å². The van der Waals surface area contributed by atoms with Gasteiger partial charge in [0.05, 0.1) is 41.5 Å². The summed E-state index contributed by atoms with van der Waals surface area (Å²) in [6, 6.07) is 8.13. The van der Waals surface area contributed by atoms with Gasteiger partial charge in [-0.15, -0.1) is 0 Å². The van der Waals surface area contributed by atoms with Gasteiger partial charge < -0.3 is 15.3 Å². The molecule has 3 heterocycles. The third kappa shape index (κ3) is 3.52. The number of aliphatic hydroxyl groups excluding tert-OH is 1. The molecule has 8 nitrogen and oxygen atoms in total. The number of benzene rings is 1. The number of aliphatic hydroxyl groups is 1. The fourth-order valence-electron chi connectivity index (χ4n) is 3.48. The molecule has 2 N–H and O–H groups in total. The molecular formula is C20H21N7O. The molecule has 0 spiro atoms. The van der Waals surface area contributed by atoms with E-state index in [-0.39, 0.29) is 0 Å². The van der Waals surface area contributed by atoms with E-state index in [9.17, 15) is 10.4 Å². The van der Waals surface area contributed by atoms with Gasteiger partial charge in [0, 0.05) is 31.5 Å². The molecule has 0 amide bonds. The first kappa shape index (κ1) is 17.9. The average Bonchev–Trinajstić information content (AvgIpc) is 3.27. The van der Waals surface area contributed by atoms with Crippen LogP contribution in [-0.2, 0) is 13.0 Å². The summed E-state index contributed by atoms with van der Waals surface area (Å²) in [5.41, 5.74) is 5.25. The topological polar surface area (TPSA) is 103 Å². The third-order valence-corrected chi connectivity index (χ3v) is 4.70. The lowest BCUT2D eigenvalue weighted by Crippen LogP contribution is -2.13. The van der Waals surface area contributed by atoms with Crippen molar-refractivity contribution >= 4 is 17.3 Å². The molecule has 2 aromatic heterocycles. The molecule has 1 atom stereocenters. The number of hydrogen-bond donors (Lipinski definition) is 2. The zero-order chi connectivity index (χ0) is 19.7. The van der Waals surface area contributed by atoms with Crippen LogP contribution in [0.3, 0.4) is 0 Å². The molecule has 0 bridgehead atoms. The summed E-state index contributed by atoms with van der Waals surface area (Å²) in [5, 5.41) is 26.4. The number of nitrogens with one attached hydrogen (secondary N) is 1. The second kappa shape index (κ2) is 7.29. The molecule has 1 aromatic carbocycles. The summed E-state index contributed by atoms with van der Waals surface area (Å²) >= 11 is 0. The largest absolute Gasteiger partial charge is 0.391 e. The van der Waals surface area contributed by atoms with E-state index in [1.165, 1.54) is 5.56 Å². The smallest absolute Gasteiger partial charge is 0.227 e. The molecule has 1 unspecified atom stereocenters. The summed E-state index contributed by atoms with van der Waals surface area (Å²) in [5.74, 6) is 0.449. The van der Waals surface area contributed by atoms with Crippen molar-refractivity contribution in [2.45, 2.75) is 26.0 Å². The van der Waals surface area contributed by atoms with Crippen molar-refractivity contribution in [3.05, 3.63) is 47.9 Å². The van der Waals surface area contributed by atoms with Gasteiger partial charge in [-0.3, -0.25) is 4.68 Å². The number of nitrogens with zero attached hydrogens (tertiary/aromatic N) is 6. The van der Waals surface area contributed by atoms with E-state index in [2.05, 4.69) is 37.4 Å². The van der Waals surface area contributed by atoms with Gasteiger partial charge in [0.25, 0.3) is 0 Å². The number of aromatic nitrogens is 4. The number of likely N-dealkylation sites (N-methyl/N-ethyl adjacent to an activating group) is 1. The van der Waals surface area contributed by atoms with Gasteiger partial charge in [0.2, 0.25) is 5.95 Å². The van der Waals surface area contributed by atoms with Crippen molar-refractivity contribution in [2.24, 2.45) is 0 Å². The Kier molecular flexibility index (Phi) is 4.67. The lowest BCUT2D eigenvalue weighted by atomic mass is 10.0. The Morgan fingerprint density at radius 1 is 1.39 bits per heavy atom. The Morgan fingerprint density at radius 3 is 3.04 bits per heavy atom. The van der Waals surface area contributed by atoms with Gasteiger partial charge in [-0.2, -0.15) is 10.4 Å². The maximum Gasteiger partial charge on any atom is 0.227 e. The average molecular weight is 375 g/mol. The van der Waals surface area contributed by atoms with Gasteiger partial charge >= 0.3 is 0 Å². The normalized spacial score (nSPS) is 13.9. The SMILES string of the molecule is CC(O)Cn1cc(Nc2nccc(-c3cc(C#N)c4c(c3)CCN4C)n2)cn1. The number of anilines is 3. The van der Waals surface area contributed by atoms with E-state index < -0.39 is 6.10 Å². The van der Waals surface area contributed by atoms with Crippen LogP contribution in [0.25, 0.3) is 11.3 Å². The highest BCUT2D eigenvalue weighted by atomic mass is 16.3. The molecule has 1 aliphatic rings. The first-order valence-corrected chi connectivity index (χ1v) is 9.12.